The van der Waals surface area contributed by atoms with Crippen molar-refractivity contribution in [3.63, 3.8) is 0 Å². The van der Waals surface area contributed by atoms with Crippen LogP contribution < -0.4 is 9.47 Å². The van der Waals surface area contributed by atoms with Crippen LogP contribution in [0.25, 0.3) is 10.8 Å². The highest BCUT2D eigenvalue weighted by Crippen LogP contribution is 2.31. The standard InChI is InChI=1S/C13H15NO2S/c1-15-12-7-10-3-4-14-9-11(10)8-13(12)16-5-6-17-2/h3-4,7-9H,5-6H2,1-2H3. The van der Waals surface area contributed by atoms with Crippen LogP contribution in [0.2, 0.25) is 0 Å². The van der Waals surface area contributed by atoms with Crippen LogP contribution in [-0.4, -0.2) is 30.7 Å². The number of hydrogen-bond acceptors (Lipinski definition) is 4. The van der Waals surface area contributed by atoms with Crippen molar-refractivity contribution in [1.29, 1.82) is 0 Å². The van der Waals surface area contributed by atoms with Gasteiger partial charge in [-0.15, -0.1) is 0 Å². The lowest BCUT2D eigenvalue weighted by molar-refractivity contribution is 0.314. The first-order chi connectivity index (χ1) is 8.35. The Morgan fingerprint density at radius 2 is 2.06 bits per heavy atom. The van der Waals surface area contributed by atoms with Crippen LogP contribution in [0.3, 0.4) is 0 Å². The Hall–Kier alpha value is -1.42. The van der Waals surface area contributed by atoms with E-state index in [-0.39, 0.29) is 0 Å². The molecule has 2 aromatic rings. The minimum atomic E-state index is 0.684. The molecule has 0 atom stereocenters. The molecule has 0 saturated carbocycles. The van der Waals surface area contributed by atoms with E-state index in [4.69, 9.17) is 9.47 Å². The second kappa shape index (κ2) is 5.77. The normalized spacial score (nSPS) is 10.5. The number of pyridine rings is 1. The van der Waals surface area contributed by atoms with Gasteiger partial charge in [0.05, 0.1) is 13.7 Å². The maximum Gasteiger partial charge on any atom is 0.161 e. The van der Waals surface area contributed by atoms with E-state index in [1.807, 2.05) is 24.4 Å². The summed E-state index contributed by atoms with van der Waals surface area (Å²) in [6.45, 7) is 0.684. The first kappa shape index (κ1) is 12.0. The van der Waals surface area contributed by atoms with E-state index >= 15 is 0 Å². The number of rotatable bonds is 5. The minimum Gasteiger partial charge on any atom is -0.493 e. The smallest absolute Gasteiger partial charge is 0.161 e. The van der Waals surface area contributed by atoms with Crippen LogP contribution in [0.15, 0.2) is 30.6 Å². The second-order valence-corrected chi connectivity index (χ2v) is 4.55. The maximum atomic E-state index is 5.70. The molecule has 0 bridgehead atoms. The van der Waals surface area contributed by atoms with Gasteiger partial charge in [0.25, 0.3) is 0 Å². The third-order valence-corrected chi connectivity index (χ3v) is 3.04. The van der Waals surface area contributed by atoms with Gasteiger partial charge in [-0.05, 0) is 29.8 Å². The zero-order chi connectivity index (χ0) is 12.1. The molecular formula is C13H15NO2S. The molecule has 0 unspecified atom stereocenters. The predicted octanol–water partition coefficient (Wildman–Crippen LogP) is 2.99. The van der Waals surface area contributed by atoms with Gasteiger partial charge in [0, 0.05) is 23.5 Å². The van der Waals surface area contributed by atoms with Crippen LogP contribution in [0, 0.1) is 0 Å². The van der Waals surface area contributed by atoms with Gasteiger partial charge >= 0.3 is 0 Å². The average molecular weight is 249 g/mol. The molecule has 0 aliphatic heterocycles. The van der Waals surface area contributed by atoms with Gasteiger partial charge in [0.15, 0.2) is 11.5 Å². The Morgan fingerprint density at radius 1 is 1.24 bits per heavy atom. The first-order valence-corrected chi connectivity index (χ1v) is 6.78. The molecule has 4 heteroatoms. The number of hydrogen-bond donors (Lipinski definition) is 0. The van der Waals surface area contributed by atoms with Crippen molar-refractivity contribution in [3.8, 4) is 11.5 Å². The van der Waals surface area contributed by atoms with Crippen LogP contribution in [0.1, 0.15) is 0 Å². The van der Waals surface area contributed by atoms with Crippen LogP contribution >= 0.6 is 11.8 Å². The zero-order valence-corrected chi connectivity index (χ0v) is 10.8. The zero-order valence-electron chi connectivity index (χ0n) is 9.97. The number of ether oxygens (including phenoxy) is 2. The summed E-state index contributed by atoms with van der Waals surface area (Å²) < 4.78 is 11.0. The molecule has 0 N–H and O–H groups in total. The third-order valence-electron chi connectivity index (χ3n) is 2.47. The van der Waals surface area contributed by atoms with Gasteiger partial charge in [-0.3, -0.25) is 4.98 Å². The highest BCUT2D eigenvalue weighted by Gasteiger charge is 2.06. The van der Waals surface area contributed by atoms with E-state index in [2.05, 4.69) is 11.2 Å². The Labute approximate surface area is 105 Å². The maximum absolute atomic E-state index is 5.70. The molecular weight excluding hydrogens is 234 g/mol. The summed E-state index contributed by atoms with van der Waals surface area (Å²) in [5.41, 5.74) is 0. The molecule has 1 heterocycles. The van der Waals surface area contributed by atoms with Crippen molar-refractivity contribution < 1.29 is 9.47 Å². The van der Waals surface area contributed by atoms with E-state index < -0.39 is 0 Å². The predicted molar refractivity (Wildman–Crippen MR) is 72.2 cm³/mol. The molecule has 0 amide bonds. The largest absolute Gasteiger partial charge is 0.493 e. The van der Waals surface area contributed by atoms with Crippen molar-refractivity contribution in [2.24, 2.45) is 0 Å². The quantitative estimate of drug-likeness (QED) is 0.762. The molecule has 0 fully saturated rings. The lowest BCUT2D eigenvalue weighted by atomic mass is 10.1. The topological polar surface area (TPSA) is 31.4 Å². The first-order valence-electron chi connectivity index (χ1n) is 5.38. The Balaban J connectivity index is 2.32. The molecule has 17 heavy (non-hydrogen) atoms. The summed E-state index contributed by atoms with van der Waals surface area (Å²) in [6, 6.07) is 5.91. The number of nitrogens with zero attached hydrogens (tertiary/aromatic N) is 1. The fraction of sp³-hybridized carbons (Fsp3) is 0.308. The summed E-state index contributed by atoms with van der Waals surface area (Å²) >= 11 is 1.76. The Kier molecular flexibility index (Phi) is 4.09. The number of benzene rings is 1. The average Bonchev–Trinajstić information content (AvgIpc) is 2.38. The fourth-order valence-corrected chi connectivity index (χ4v) is 1.85. The van der Waals surface area contributed by atoms with E-state index in [9.17, 15) is 0 Å². The van der Waals surface area contributed by atoms with Crippen LogP contribution in [-0.2, 0) is 0 Å². The van der Waals surface area contributed by atoms with E-state index in [1.165, 1.54) is 0 Å². The van der Waals surface area contributed by atoms with Crippen LogP contribution in [0.4, 0.5) is 0 Å². The highest BCUT2D eigenvalue weighted by molar-refractivity contribution is 7.98. The van der Waals surface area contributed by atoms with E-state index in [0.717, 1.165) is 28.0 Å². The molecule has 0 saturated heterocycles. The third kappa shape index (κ3) is 2.82. The summed E-state index contributed by atoms with van der Waals surface area (Å²) in [6.07, 6.45) is 5.66. The van der Waals surface area contributed by atoms with Crippen molar-refractivity contribution >= 4 is 22.5 Å². The monoisotopic (exact) mass is 249 g/mol. The Bertz CT molecular complexity index is 502. The van der Waals surface area contributed by atoms with Gasteiger partial charge in [0.2, 0.25) is 0 Å². The molecule has 1 aromatic heterocycles. The van der Waals surface area contributed by atoms with Gasteiger partial charge < -0.3 is 9.47 Å². The summed E-state index contributed by atoms with van der Waals surface area (Å²) in [5.74, 6) is 2.51. The molecule has 0 radical (unpaired) electrons. The van der Waals surface area contributed by atoms with Crippen molar-refractivity contribution in [2.45, 2.75) is 0 Å². The molecule has 0 aliphatic carbocycles. The van der Waals surface area contributed by atoms with Gasteiger partial charge in [0.1, 0.15) is 0 Å². The number of methoxy groups -OCH3 is 1. The fourth-order valence-electron chi connectivity index (χ4n) is 1.60. The molecule has 0 spiro atoms. The highest BCUT2D eigenvalue weighted by atomic mass is 32.2. The molecule has 3 nitrogen and oxygen atoms in total. The molecule has 2 rings (SSSR count). The summed E-state index contributed by atoms with van der Waals surface area (Å²) in [4.78, 5) is 4.11. The van der Waals surface area contributed by atoms with E-state index in [0.29, 0.717) is 6.61 Å². The molecule has 90 valence electrons. The summed E-state index contributed by atoms with van der Waals surface area (Å²) in [7, 11) is 1.66. The van der Waals surface area contributed by atoms with Crippen LogP contribution in [0.5, 0.6) is 11.5 Å². The van der Waals surface area contributed by atoms with Gasteiger partial charge in [-0.25, -0.2) is 0 Å². The molecule has 1 aromatic carbocycles. The number of thioether (sulfide) groups is 1. The SMILES string of the molecule is COc1cc2ccncc2cc1OCCSC. The summed E-state index contributed by atoms with van der Waals surface area (Å²) in [5, 5.41) is 2.17. The van der Waals surface area contributed by atoms with Gasteiger partial charge in [-0.2, -0.15) is 11.8 Å². The minimum absolute atomic E-state index is 0.684. The van der Waals surface area contributed by atoms with Crippen molar-refractivity contribution in [3.05, 3.63) is 30.6 Å². The van der Waals surface area contributed by atoms with Crippen molar-refractivity contribution in [1.82, 2.24) is 4.98 Å². The number of aromatic nitrogens is 1. The number of fused-ring (bicyclic) bond motifs is 1. The van der Waals surface area contributed by atoms with E-state index in [1.54, 1.807) is 25.1 Å². The molecule has 0 aliphatic rings. The van der Waals surface area contributed by atoms with Gasteiger partial charge in [-0.1, -0.05) is 0 Å². The lowest BCUT2D eigenvalue weighted by Gasteiger charge is -2.11. The lowest BCUT2D eigenvalue weighted by Crippen LogP contribution is -2.01. The second-order valence-electron chi connectivity index (χ2n) is 3.57. The Morgan fingerprint density at radius 3 is 2.82 bits per heavy atom. The van der Waals surface area contributed by atoms with Crippen molar-refractivity contribution in [2.75, 3.05) is 25.7 Å².